The largest absolute Gasteiger partial charge is 0.366 e. The zero-order valence-corrected chi connectivity index (χ0v) is 15.9. The Bertz CT molecular complexity index is 1350. The number of hydrogen-bond donors (Lipinski definition) is 1. The van der Waals surface area contributed by atoms with Gasteiger partial charge in [0.2, 0.25) is 5.91 Å². The fourth-order valence-corrected chi connectivity index (χ4v) is 4.20. The van der Waals surface area contributed by atoms with E-state index < -0.39 is 5.91 Å². The molecule has 0 radical (unpaired) electrons. The van der Waals surface area contributed by atoms with E-state index in [4.69, 9.17) is 5.73 Å². The van der Waals surface area contributed by atoms with E-state index in [1.807, 2.05) is 24.3 Å². The molecule has 29 heavy (non-hydrogen) atoms. The molecular weight excluding hydrogens is 356 g/mol. The number of primary amides is 1. The highest BCUT2D eigenvalue weighted by molar-refractivity contribution is 6.17. The van der Waals surface area contributed by atoms with Crippen molar-refractivity contribution in [2.24, 2.45) is 5.73 Å². The second kappa shape index (κ2) is 6.95. The van der Waals surface area contributed by atoms with Crippen LogP contribution in [0.5, 0.6) is 0 Å². The van der Waals surface area contributed by atoms with Crippen LogP contribution >= 0.6 is 0 Å². The van der Waals surface area contributed by atoms with Gasteiger partial charge in [0.15, 0.2) is 0 Å². The summed E-state index contributed by atoms with van der Waals surface area (Å²) in [5.74, 6) is -0.400. The molecule has 2 N–H and O–H groups in total. The first-order valence-electron chi connectivity index (χ1n) is 9.67. The summed E-state index contributed by atoms with van der Waals surface area (Å²) in [4.78, 5) is 12.1. The molecule has 0 fully saturated rings. The summed E-state index contributed by atoms with van der Waals surface area (Å²) in [6.45, 7) is 0.706. The van der Waals surface area contributed by atoms with Gasteiger partial charge >= 0.3 is 0 Å². The molecule has 5 aromatic rings. The van der Waals surface area contributed by atoms with Crippen LogP contribution in [0.3, 0.4) is 0 Å². The molecule has 0 unspecified atom stereocenters. The summed E-state index contributed by atoms with van der Waals surface area (Å²) in [6, 6.07) is 32.9. The second-order valence-electron chi connectivity index (χ2n) is 7.19. The van der Waals surface area contributed by atoms with Crippen molar-refractivity contribution in [3.63, 3.8) is 0 Å². The number of carbonyl (C=O) groups is 1. The quantitative estimate of drug-likeness (QED) is 0.435. The van der Waals surface area contributed by atoms with E-state index in [0.717, 1.165) is 21.8 Å². The van der Waals surface area contributed by atoms with Crippen LogP contribution < -0.4 is 5.73 Å². The van der Waals surface area contributed by atoms with E-state index in [2.05, 4.69) is 71.3 Å². The topological polar surface area (TPSA) is 48.0 Å². The number of hydrogen-bond acceptors (Lipinski definition) is 1. The molecule has 1 aromatic heterocycles. The number of rotatable bonds is 4. The molecule has 140 valence electrons. The molecule has 3 heteroatoms. The van der Waals surface area contributed by atoms with E-state index in [-0.39, 0.29) is 0 Å². The summed E-state index contributed by atoms with van der Waals surface area (Å²) in [5.41, 5.74) is 12.0. The predicted octanol–water partition coefficient (Wildman–Crippen LogP) is 5.61. The lowest BCUT2D eigenvalue weighted by atomic mass is 9.99. The van der Waals surface area contributed by atoms with Crippen molar-refractivity contribution >= 4 is 27.7 Å². The molecule has 1 heterocycles. The third-order valence-corrected chi connectivity index (χ3v) is 5.49. The number of carbonyl (C=O) groups excluding carboxylic acids is 1. The Morgan fingerprint density at radius 1 is 0.724 bits per heavy atom. The standard InChI is InChI=1S/C26H20N2O/c27-26(29)22-14-8-16-24-25(22)21-13-6-7-15-23(21)28(24)17-19-11-4-5-12-20(19)18-9-2-1-3-10-18/h1-16H,17H2,(H2,27,29). The van der Waals surface area contributed by atoms with Crippen LogP contribution in [0, 0.1) is 0 Å². The highest BCUT2D eigenvalue weighted by Crippen LogP contribution is 2.33. The number of nitrogens with zero attached hydrogens (tertiary/aromatic N) is 1. The Morgan fingerprint density at radius 3 is 2.24 bits per heavy atom. The minimum absolute atomic E-state index is 0.400. The highest BCUT2D eigenvalue weighted by Gasteiger charge is 2.17. The van der Waals surface area contributed by atoms with E-state index in [1.165, 1.54) is 16.7 Å². The van der Waals surface area contributed by atoms with Gasteiger partial charge in [-0.15, -0.1) is 0 Å². The maximum Gasteiger partial charge on any atom is 0.249 e. The monoisotopic (exact) mass is 376 g/mol. The minimum atomic E-state index is -0.400. The maximum atomic E-state index is 12.1. The Hall–Kier alpha value is -3.85. The molecule has 0 aliphatic carbocycles. The Kier molecular flexibility index (Phi) is 4.14. The summed E-state index contributed by atoms with van der Waals surface area (Å²) < 4.78 is 2.28. The molecular formula is C26H20N2O. The fourth-order valence-electron chi connectivity index (χ4n) is 4.20. The van der Waals surface area contributed by atoms with Gasteiger partial charge in [-0.1, -0.05) is 78.9 Å². The smallest absolute Gasteiger partial charge is 0.249 e. The molecule has 0 bridgehead atoms. The maximum absolute atomic E-state index is 12.1. The molecule has 1 amide bonds. The summed E-state index contributed by atoms with van der Waals surface area (Å²) in [6.07, 6.45) is 0. The zero-order chi connectivity index (χ0) is 19.8. The molecule has 0 aliphatic rings. The first-order valence-corrected chi connectivity index (χ1v) is 9.67. The highest BCUT2D eigenvalue weighted by atomic mass is 16.1. The van der Waals surface area contributed by atoms with Crippen molar-refractivity contribution in [2.75, 3.05) is 0 Å². The van der Waals surface area contributed by atoms with Crippen molar-refractivity contribution in [3.05, 3.63) is 108 Å². The van der Waals surface area contributed by atoms with E-state index in [9.17, 15) is 4.79 Å². The van der Waals surface area contributed by atoms with Gasteiger partial charge in [-0.3, -0.25) is 4.79 Å². The SMILES string of the molecule is NC(=O)c1cccc2c1c1ccccc1n2Cc1ccccc1-c1ccccc1. The molecule has 5 rings (SSSR count). The van der Waals surface area contributed by atoms with E-state index >= 15 is 0 Å². The van der Waals surface area contributed by atoms with Crippen LogP contribution in [0.4, 0.5) is 0 Å². The van der Waals surface area contributed by atoms with Crippen molar-refractivity contribution in [3.8, 4) is 11.1 Å². The molecule has 3 nitrogen and oxygen atoms in total. The first-order chi connectivity index (χ1) is 14.2. The van der Waals surface area contributed by atoms with E-state index in [0.29, 0.717) is 12.1 Å². The molecule has 0 aliphatic heterocycles. The molecule has 0 spiro atoms. The average Bonchev–Trinajstić information content (AvgIpc) is 3.09. The van der Waals surface area contributed by atoms with Gasteiger partial charge in [0.1, 0.15) is 0 Å². The Balaban J connectivity index is 1.76. The van der Waals surface area contributed by atoms with Gasteiger partial charge in [0, 0.05) is 28.4 Å². The number of nitrogens with two attached hydrogens (primary N) is 1. The van der Waals surface area contributed by atoms with Crippen LogP contribution in [0.1, 0.15) is 15.9 Å². The van der Waals surface area contributed by atoms with Gasteiger partial charge in [-0.25, -0.2) is 0 Å². The minimum Gasteiger partial charge on any atom is -0.366 e. The molecule has 0 saturated carbocycles. The van der Waals surface area contributed by atoms with Gasteiger partial charge in [-0.05, 0) is 34.9 Å². The van der Waals surface area contributed by atoms with Crippen molar-refractivity contribution in [1.29, 1.82) is 0 Å². The number of fused-ring (bicyclic) bond motifs is 3. The van der Waals surface area contributed by atoms with Crippen LogP contribution in [-0.4, -0.2) is 10.5 Å². The summed E-state index contributed by atoms with van der Waals surface area (Å²) in [7, 11) is 0. The van der Waals surface area contributed by atoms with Gasteiger partial charge in [0.05, 0.1) is 5.52 Å². The lowest BCUT2D eigenvalue weighted by Gasteiger charge is -2.13. The van der Waals surface area contributed by atoms with Gasteiger partial charge in [-0.2, -0.15) is 0 Å². The van der Waals surface area contributed by atoms with Crippen LogP contribution in [0.2, 0.25) is 0 Å². The lowest BCUT2D eigenvalue weighted by molar-refractivity contribution is 0.100. The van der Waals surface area contributed by atoms with Crippen LogP contribution in [-0.2, 0) is 6.54 Å². The second-order valence-corrected chi connectivity index (χ2v) is 7.19. The summed E-state index contributed by atoms with van der Waals surface area (Å²) >= 11 is 0. The van der Waals surface area contributed by atoms with Gasteiger partial charge in [0.25, 0.3) is 0 Å². The Morgan fingerprint density at radius 2 is 1.41 bits per heavy atom. The number of benzene rings is 4. The third-order valence-electron chi connectivity index (χ3n) is 5.49. The van der Waals surface area contributed by atoms with E-state index in [1.54, 1.807) is 6.07 Å². The number of para-hydroxylation sites is 1. The molecule has 0 atom stereocenters. The van der Waals surface area contributed by atoms with Gasteiger partial charge < -0.3 is 10.3 Å². The van der Waals surface area contributed by atoms with Crippen molar-refractivity contribution in [2.45, 2.75) is 6.54 Å². The van der Waals surface area contributed by atoms with Crippen molar-refractivity contribution < 1.29 is 4.79 Å². The van der Waals surface area contributed by atoms with Crippen molar-refractivity contribution in [1.82, 2.24) is 4.57 Å². The first kappa shape index (κ1) is 17.3. The van der Waals surface area contributed by atoms with Crippen LogP contribution in [0.15, 0.2) is 97.1 Å². The Labute approximate surface area is 169 Å². The lowest BCUT2D eigenvalue weighted by Crippen LogP contribution is -2.11. The normalized spacial score (nSPS) is 11.2. The van der Waals surface area contributed by atoms with Crippen LogP contribution in [0.25, 0.3) is 32.9 Å². The number of amides is 1. The zero-order valence-electron chi connectivity index (χ0n) is 15.9. The average molecular weight is 376 g/mol. The third kappa shape index (κ3) is 2.88. The predicted molar refractivity (Wildman–Crippen MR) is 119 cm³/mol. The molecule has 4 aromatic carbocycles. The summed E-state index contributed by atoms with van der Waals surface area (Å²) in [5, 5.41) is 1.97. The number of aromatic nitrogens is 1. The fraction of sp³-hybridized carbons (Fsp3) is 0.0385. The molecule has 0 saturated heterocycles.